The standard InChI is InChI=1S/C20H17NO3/c22-19(16-7-2-1-3-8-16)21-18(20(23)24)13-14-10-11-15-6-4-5-9-17(15)12-14/h1-12,18H,13H2,(H,21,22)(H,23,24)/t18-/m1/s1. The summed E-state index contributed by atoms with van der Waals surface area (Å²) >= 11 is 0. The number of carbonyl (C=O) groups excluding carboxylic acids is 1. The third-order valence-corrected chi connectivity index (χ3v) is 3.89. The SMILES string of the molecule is O=C(N[C@H](Cc1ccc2ccccc2c1)C(=O)O)c1ccccc1. The van der Waals surface area contributed by atoms with E-state index in [4.69, 9.17) is 0 Å². The molecule has 0 heterocycles. The molecule has 3 aromatic carbocycles. The van der Waals surface area contributed by atoms with Crippen molar-refractivity contribution in [2.45, 2.75) is 12.5 Å². The molecule has 3 rings (SSSR count). The minimum Gasteiger partial charge on any atom is -0.480 e. The minimum absolute atomic E-state index is 0.235. The molecule has 0 saturated heterocycles. The summed E-state index contributed by atoms with van der Waals surface area (Å²) in [7, 11) is 0. The van der Waals surface area contributed by atoms with Crippen molar-refractivity contribution < 1.29 is 14.7 Å². The number of hydrogen-bond donors (Lipinski definition) is 2. The number of carbonyl (C=O) groups is 2. The van der Waals surface area contributed by atoms with E-state index in [2.05, 4.69) is 5.32 Å². The highest BCUT2D eigenvalue weighted by Gasteiger charge is 2.21. The average Bonchev–Trinajstić information content (AvgIpc) is 2.61. The van der Waals surface area contributed by atoms with Gasteiger partial charge in [0, 0.05) is 12.0 Å². The largest absolute Gasteiger partial charge is 0.480 e. The van der Waals surface area contributed by atoms with Crippen LogP contribution in [0.2, 0.25) is 0 Å². The Bertz CT molecular complexity index is 874. The van der Waals surface area contributed by atoms with Crippen LogP contribution in [0.3, 0.4) is 0 Å². The van der Waals surface area contributed by atoms with Gasteiger partial charge in [-0.25, -0.2) is 4.79 Å². The van der Waals surface area contributed by atoms with Crippen molar-refractivity contribution in [3.8, 4) is 0 Å². The maximum atomic E-state index is 12.2. The fourth-order valence-corrected chi connectivity index (χ4v) is 2.63. The van der Waals surface area contributed by atoms with Gasteiger partial charge in [-0.3, -0.25) is 4.79 Å². The van der Waals surface area contributed by atoms with Gasteiger partial charge < -0.3 is 10.4 Å². The maximum absolute atomic E-state index is 12.2. The van der Waals surface area contributed by atoms with E-state index < -0.39 is 12.0 Å². The van der Waals surface area contributed by atoms with E-state index in [1.54, 1.807) is 30.3 Å². The summed E-state index contributed by atoms with van der Waals surface area (Å²) in [5, 5.41) is 14.2. The first-order chi connectivity index (χ1) is 11.6. The summed E-state index contributed by atoms with van der Waals surface area (Å²) in [4.78, 5) is 23.7. The molecule has 1 amide bonds. The summed E-state index contributed by atoms with van der Waals surface area (Å²) in [6.07, 6.45) is 0.235. The summed E-state index contributed by atoms with van der Waals surface area (Å²) in [5.74, 6) is -1.43. The molecule has 0 aromatic heterocycles. The van der Waals surface area contributed by atoms with Gasteiger partial charge in [-0.05, 0) is 28.5 Å². The van der Waals surface area contributed by atoms with Crippen LogP contribution in [0.5, 0.6) is 0 Å². The zero-order chi connectivity index (χ0) is 16.9. The van der Waals surface area contributed by atoms with Crippen LogP contribution in [0.25, 0.3) is 10.8 Å². The molecule has 0 unspecified atom stereocenters. The van der Waals surface area contributed by atoms with Gasteiger partial charge in [-0.1, -0.05) is 60.7 Å². The third-order valence-electron chi connectivity index (χ3n) is 3.89. The van der Waals surface area contributed by atoms with E-state index in [0.29, 0.717) is 5.56 Å². The van der Waals surface area contributed by atoms with Crippen LogP contribution in [0, 0.1) is 0 Å². The molecule has 0 aliphatic rings. The molecule has 24 heavy (non-hydrogen) atoms. The second kappa shape index (κ2) is 6.96. The molecule has 1 atom stereocenters. The molecule has 3 aromatic rings. The van der Waals surface area contributed by atoms with Crippen molar-refractivity contribution in [1.29, 1.82) is 0 Å². The number of amides is 1. The smallest absolute Gasteiger partial charge is 0.326 e. The summed E-state index contributed by atoms with van der Waals surface area (Å²) in [5.41, 5.74) is 1.32. The number of benzene rings is 3. The number of fused-ring (bicyclic) bond motifs is 1. The van der Waals surface area contributed by atoms with Crippen LogP contribution in [0.15, 0.2) is 72.8 Å². The molecular weight excluding hydrogens is 302 g/mol. The lowest BCUT2D eigenvalue weighted by Gasteiger charge is -2.15. The van der Waals surface area contributed by atoms with E-state index in [9.17, 15) is 14.7 Å². The average molecular weight is 319 g/mol. The van der Waals surface area contributed by atoms with Gasteiger partial charge in [0.15, 0.2) is 0 Å². The van der Waals surface area contributed by atoms with E-state index in [0.717, 1.165) is 16.3 Å². The molecule has 0 saturated carbocycles. The van der Waals surface area contributed by atoms with Gasteiger partial charge in [0.1, 0.15) is 6.04 Å². The lowest BCUT2D eigenvalue weighted by atomic mass is 10.0. The molecule has 0 fully saturated rings. The lowest BCUT2D eigenvalue weighted by Crippen LogP contribution is -2.42. The Balaban J connectivity index is 1.78. The first kappa shape index (κ1) is 15.7. The molecule has 0 aliphatic carbocycles. The number of carboxylic acid groups (broad SMARTS) is 1. The van der Waals surface area contributed by atoms with Crippen molar-refractivity contribution in [3.05, 3.63) is 83.9 Å². The van der Waals surface area contributed by atoms with Crippen LogP contribution in [-0.2, 0) is 11.2 Å². The Hall–Kier alpha value is -3.14. The second-order valence-corrected chi connectivity index (χ2v) is 5.62. The molecular formula is C20H17NO3. The fraction of sp³-hybridized carbons (Fsp3) is 0.100. The zero-order valence-electron chi connectivity index (χ0n) is 13.0. The van der Waals surface area contributed by atoms with Crippen molar-refractivity contribution in [2.75, 3.05) is 0 Å². The summed E-state index contributed by atoms with van der Waals surface area (Å²) in [6.45, 7) is 0. The molecule has 0 bridgehead atoms. The van der Waals surface area contributed by atoms with Crippen LogP contribution in [-0.4, -0.2) is 23.0 Å². The van der Waals surface area contributed by atoms with Crippen molar-refractivity contribution in [2.24, 2.45) is 0 Å². The van der Waals surface area contributed by atoms with Gasteiger partial charge in [0.25, 0.3) is 5.91 Å². The topological polar surface area (TPSA) is 66.4 Å². The van der Waals surface area contributed by atoms with Crippen LogP contribution in [0.1, 0.15) is 15.9 Å². The van der Waals surface area contributed by atoms with Gasteiger partial charge in [-0.2, -0.15) is 0 Å². The van der Waals surface area contributed by atoms with Crippen LogP contribution >= 0.6 is 0 Å². The second-order valence-electron chi connectivity index (χ2n) is 5.62. The number of carboxylic acids is 1. The highest BCUT2D eigenvalue weighted by Crippen LogP contribution is 2.17. The minimum atomic E-state index is -1.05. The van der Waals surface area contributed by atoms with Gasteiger partial charge in [0.05, 0.1) is 0 Å². The van der Waals surface area contributed by atoms with Gasteiger partial charge >= 0.3 is 5.97 Å². The predicted molar refractivity (Wildman–Crippen MR) is 93.0 cm³/mol. The number of hydrogen-bond acceptors (Lipinski definition) is 2. The van der Waals surface area contributed by atoms with E-state index >= 15 is 0 Å². The predicted octanol–water partition coefficient (Wildman–Crippen LogP) is 3.27. The Morgan fingerprint density at radius 3 is 2.25 bits per heavy atom. The Kier molecular flexibility index (Phi) is 4.57. The molecule has 4 heteroatoms. The maximum Gasteiger partial charge on any atom is 0.326 e. The molecule has 4 nitrogen and oxygen atoms in total. The third kappa shape index (κ3) is 3.60. The summed E-state index contributed by atoms with van der Waals surface area (Å²) in [6, 6.07) is 21.3. The summed E-state index contributed by atoms with van der Waals surface area (Å²) < 4.78 is 0. The van der Waals surface area contributed by atoms with Gasteiger partial charge in [-0.15, -0.1) is 0 Å². The van der Waals surface area contributed by atoms with Crippen molar-refractivity contribution in [1.82, 2.24) is 5.32 Å². The van der Waals surface area contributed by atoms with E-state index in [1.807, 2.05) is 42.5 Å². The lowest BCUT2D eigenvalue weighted by molar-refractivity contribution is -0.139. The Morgan fingerprint density at radius 2 is 1.54 bits per heavy atom. The quantitative estimate of drug-likeness (QED) is 0.758. The number of nitrogens with one attached hydrogen (secondary N) is 1. The van der Waals surface area contributed by atoms with E-state index in [-0.39, 0.29) is 12.3 Å². The normalized spacial score (nSPS) is 11.8. The molecule has 2 N–H and O–H groups in total. The molecule has 0 spiro atoms. The van der Waals surface area contributed by atoms with Crippen molar-refractivity contribution in [3.63, 3.8) is 0 Å². The monoisotopic (exact) mass is 319 g/mol. The molecule has 120 valence electrons. The fourth-order valence-electron chi connectivity index (χ4n) is 2.63. The number of rotatable bonds is 5. The Morgan fingerprint density at radius 1 is 0.875 bits per heavy atom. The van der Waals surface area contributed by atoms with E-state index in [1.165, 1.54) is 0 Å². The molecule has 0 aliphatic heterocycles. The molecule has 0 radical (unpaired) electrons. The zero-order valence-corrected chi connectivity index (χ0v) is 13.0. The first-order valence-electron chi connectivity index (χ1n) is 7.70. The van der Waals surface area contributed by atoms with Crippen LogP contribution in [0.4, 0.5) is 0 Å². The highest BCUT2D eigenvalue weighted by molar-refractivity contribution is 5.96. The first-order valence-corrected chi connectivity index (χ1v) is 7.70. The number of aliphatic carboxylic acids is 1. The van der Waals surface area contributed by atoms with Crippen LogP contribution < -0.4 is 5.32 Å². The highest BCUT2D eigenvalue weighted by atomic mass is 16.4. The van der Waals surface area contributed by atoms with Gasteiger partial charge in [0.2, 0.25) is 0 Å². The Labute approximate surface area is 139 Å². The van der Waals surface area contributed by atoms with Crippen molar-refractivity contribution >= 4 is 22.6 Å².